The topological polar surface area (TPSA) is 69.7 Å². The third kappa shape index (κ3) is 4.90. The van der Waals surface area contributed by atoms with Crippen LogP contribution >= 0.6 is 0 Å². The lowest BCUT2D eigenvalue weighted by Gasteiger charge is -2.11. The molecule has 146 valence electrons. The zero-order valence-electron chi connectivity index (χ0n) is 15.1. The number of halogens is 2. The molecule has 0 bridgehead atoms. The van der Waals surface area contributed by atoms with E-state index in [-0.39, 0.29) is 28.2 Å². The van der Waals surface area contributed by atoms with E-state index in [0.717, 1.165) is 24.3 Å². The SMILES string of the molecule is CC(=O)c1cc(OC(=O)c2ccc(F)cc2)ccc1OC(=O)c1ccc(F)cc1. The molecular weight excluding hydrogens is 382 g/mol. The number of rotatable bonds is 5. The van der Waals surface area contributed by atoms with Crippen molar-refractivity contribution in [1.82, 2.24) is 0 Å². The lowest BCUT2D eigenvalue weighted by molar-refractivity contribution is 0.0716. The maximum absolute atomic E-state index is 13.0. The Morgan fingerprint density at radius 1 is 0.690 bits per heavy atom. The number of hydrogen-bond donors (Lipinski definition) is 0. The third-order valence-corrected chi connectivity index (χ3v) is 3.90. The average Bonchev–Trinajstić information content (AvgIpc) is 2.69. The molecule has 0 saturated carbocycles. The summed E-state index contributed by atoms with van der Waals surface area (Å²) in [7, 11) is 0. The number of esters is 2. The Bertz CT molecular complexity index is 1070. The van der Waals surface area contributed by atoms with E-state index in [9.17, 15) is 23.2 Å². The van der Waals surface area contributed by atoms with Gasteiger partial charge in [-0.25, -0.2) is 18.4 Å². The summed E-state index contributed by atoms with van der Waals surface area (Å²) >= 11 is 0. The van der Waals surface area contributed by atoms with Gasteiger partial charge in [-0.15, -0.1) is 0 Å². The summed E-state index contributed by atoms with van der Waals surface area (Å²) in [5.41, 5.74) is 0.250. The first-order valence-electron chi connectivity index (χ1n) is 8.44. The Morgan fingerprint density at radius 2 is 1.17 bits per heavy atom. The highest BCUT2D eigenvalue weighted by Crippen LogP contribution is 2.26. The molecule has 3 rings (SSSR count). The van der Waals surface area contributed by atoms with Crippen LogP contribution in [0, 0.1) is 11.6 Å². The summed E-state index contributed by atoms with van der Waals surface area (Å²) < 4.78 is 36.4. The molecule has 29 heavy (non-hydrogen) atoms. The van der Waals surface area contributed by atoms with Gasteiger partial charge in [0.2, 0.25) is 0 Å². The smallest absolute Gasteiger partial charge is 0.343 e. The largest absolute Gasteiger partial charge is 0.423 e. The van der Waals surface area contributed by atoms with E-state index in [1.54, 1.807) is 0 Å². The van der Waals surface area contributed by atoms with Crippen molar-refractivity contribution in [3.63, 3.8) is 0 Å². The number of hydrogen-bond acceptors (Lipinski definition) is 5. The molecule has 3 aromatic carbocycles. The van der Waals surface area contributed by atoms with Crippen molar-refractivity contribution in [1.29, 1.82) is 0 Å². The fourth-order valence-corrected chi connectivity index (χ4v) is 2.43. The van der Waals surface area contributed by atoms with Crippen LogP contribution < -0.4 is 9.47 Å². The number of Topliss-reactive ketones (excluding diaryl/α,β-unsaturated/α-hetero) is 1. The number of carbonyl (C=O) groups is 3. The van der Waals surface area contributed by atoms with Crippen LogP contribution in [0.1, 0.15) is 38.0 Å². The van der Waals surface area contributed by atoms with E-state index >= 15 is 0 Å². The molecule has 0 aliphatic rings. The quantitative estimate of drug-likeness (QED) is 0.358. The van der Waals surface area contributed by atoms with Crippen molar-refractivity contribution in [2.75, 3.05) is 0 Å². The lowest BCUT2D eigenvalue weighted by Crippen LogP contribution is -2.12. The predicted octanol–water partition coefficient (Wildman–Crippen LogP) is 4.61. The molecule has 0 saturated heterocycles. The number of benzene rings is 3. The highest BCUT2D eigenvalue weighted by molar-refractivity contribution is 5.99. The van der Waals surface area contributed by atoms with Crippen molar-refractivity contribution in [3.8, 4) is 11.5 Å². The minimum absolute atomic E-state index is 0.0184. The molecule has 0 radical (unpaired) electrons. The van der Waals surface area contributed by atoms with Crippen LogP contribution in [0.5, 0.6) is 11.5 Å². The molecule has 0 N–H and O–H groups in total. The van der Waals surface area contributed by atoms with Crippen LogP contribution in [-0.4, -0.2) is 17.7 Å². The molecule has 0 amide bonds. The second-order valence-corrected chi connectivity index (χ2v) is 6.01. The fourth-order valence-electron chi connectivity index (χ4n) is 2.43. The molecule has 0 aromatic heterocycles. The number of ketones is 1. The van der Waals surface area contributed by atoms with Gasteiger partial charge in [-0.2, -0.15) is 0 Å². The first-order chi connectivity index (χ1) is 13.8. The first-order valence-corrected chi connectivity index (χ1v) is 8.44. The van der Waals surface area contributed by atoms with Gasteiger partial charge in [0.05, 0.1) is 16.7 Å². The van der Waals surface area contributed by atoms with Gasteiger partial charge >= 0.3 is 11.9 Å². The molecule has 5 nitrogen and oxygen atoms in total. The summed E-state index contributed by atoms with van der Waals surface area (Å²) in [6, 6.07) is 13.4. The van der Waals surface area contributed by atoms with Gasteiger partial charge in [0.1, 0.15) is 23.1 Å². The van der Waals surface area contributed by atoms with Gasteiger partial charge < -0.3 is 9.47 Å². The van der Waals surface area contributed by atoms with E-state index in [4.69, 9.17) is 9.47 Å². The molecular formula is C22H14F2O5. The van der Waals surface area contributed by atoms with Gasteiger partial charge in [0.25, 0.3) is 0 Å². The van der Waals surface area contributed by atoms with Crippen molar-refractivity contribution in [3.05, 3.63) is 95.1 Å². The second-order valence-electron chi connectivity index (χ2n) is 6.01. The molecule has 0 fully saturated rings. The van der Waals surface area contributed by atoms with E-state index in [2.05, 4.69) is 0 Å². The Morgan fingerprint density at radius 3 is 1.66 bits per heavy atom. The monoisotopic (exact) mass is 396 g/mol. The van der Waals surface area contributed by atoms with Gasteiger partial charge in [-0.1, -0.05) is 0 Å². The van der Waals surface area contributed by atoms with Crippen LogP contribution in [0.3, 0.4) is 0 Å². The molecule has 0 atom stereocenters. The van der Waals surface area contributed by atoms with E-state index < -0.39 is 29.4 Å². The van der Waals surface area contributed by atoms with Crippen molar-refractivity contribution >= 4 is 17.7 Å². The van der Waals surface area contributed by atoms with Gasteiger partial charge in [-0.3, -0.25) is 4.79 Å². The third-order valence-electron chi connectivity index (χ3n) is 3.90. The zero-order chi connectivity index (χ0) is 21.0. The summed E-state index contributed by atoms with van der Waals surface area (Å²) in [6.07, 6.45) is 0. The second kappa shape index (κ2) is 8.43. The van der Waals surface area contributed by atoms with Crippen LogP contribution in [-0.2, 0) is 0 Å². The average molecular weight is 396 g/mol. The van der Waals surface area contributed by atoms with Crippen LogP contribution in [0.25, 0.3) is 0 Å². The maximum atomic E-state index is 13.0. The standard InChI is InChI=1S/C22H14F2O5/c1-13(25)19-12-18(28-21(26)14-2-6-16(23)7-3-14)10-11-20(19)29-22(27)15-4-8-17(24)9-5-15/h2-12H,1H3. The summed E-state index contributed by atoms with van der Waals surface area (Å²) in [5, 5.41) is 0. The van der Waals surface area contributed by atoms with Gasteiger partial charge in [0.15, 0.2) is 5.78 Å². The highest BCUT2D eigenvalue weighted by atomic mass is 19.1. The van der Waals surface area contributed by atoms with Crippen molar-refractivity contribution < 1.29 is 32.6 Å². The van der Waals surface area contributed by atoms with Crippen LogP contribution in [0.15, 0.2) is 66.7 Å². The summed E-state index contributed by atoms with van der Waals surface area (Å²) in [4.78, 5) is 36.3. The lowest BCUT2D eigenvalue weighted by atomic mass is 10.1. The van der Waals surface area contributed by atoms with Crippen LogP contribution in [0.4, 0.5) is 8.78 Å². The zero-order valence-corrected chi connectivity index (χ0v) is 15.1. The molecule has 0 unspecified atom stereocenters. The maximum Gasteiger partial charge on any atom is 0.343 e. The molecule has 7 heteroatoms. The minimum Gasteiger partial charge on any atom is -0.423 e. The van der Waals surface area contributed by atoms with Crippen molar-refractivity contribution in [2.24, 2.45) is 0 Å². The number of carbonyl (C=O) groups excluding carboxylic acids is 3. The Kier molecular flexibility index (Phi) is 5.78. The van der Waals surface area contributed by atoms with E-state index in [1.807, 2.05) is 0 Å². The minimum atomic E-state index is -0.774. The Balaban J connectivity index is 1.80. The fraction of sp³-hybridized carbons (Fsp3) is 0.0455. The van der Waals surface area contributed by atoms with Crippen molar-refractivity contribution in [2.45, 2.75) is 6.92 Å². The Hall–Kier alpha value is -3.87. The first kappa shape index (κ1) is 19.9. The predicted molar refractivity (Wildman–Crippen MR) is 99.2 cm³/mol. The molecule has 0 aliphatic carbocycles. The Labute approximate surface area is 164 Å². The highest BCUT2D eigenvalue weighted by Gasteiger charge is 2.17. The summed E-state index contributed by atoms with van der Waals surface area (Å²) in [6.45, 7) is 1.26. The molecule has 0 spiro atoms. The summed E-state index contributed by atoms with van der Waals surface area (Å²) in [5.74, 6) is -2.92. The molecule has 0 aliphatic heterocycles. The normalized spacial score (nSPS) is 10.3. The van der Waals surface area contributed by atoms with E-state index in [0.29, 0.717) is 0 Å². The van der Waals surface area contributed by atoms with Crippen LogP contribution in [0.2, 0.25) is 0 Å². The molecule has 3 aromatic rings. The van der Waals surface area contributed by atoms with Gasteiger partial charge in [-0.05, 0) is 73.7 Å². The van der Waals surface area contributed by atoms with Gasteiger partial charge in [0, 0.05) is 0 Å². The number of ether oxygens (including phenoxy) is 2. The molecule has 0 heterocycles. The van der Waals surface area contributed by atoms with E-state index in [1.165, 1.54) is 49.4 Å².